The number of furan rings is 1. The number of hydrogen-bond donors (Lipinski definition) is 0. The van der Waals surface area contributed by atoms with Crippen molar-refractivity contribution in [1.29, 1.82) is 0 Å². The lowest BCUT2D eigenvalue weighted by molar-refractivity contribution is -0.210. The van der Waals surface area contributed by atoms with Gasteiger partial charge in [-0.15, -0.1) is 0 Å². The number of methoxy groups -OCH3 is 1. The van der Waals surface area contributed by atoms with Crippen LogP contribution in [-0.2, 0) is 33.4 Å². The first-order valence-electron chi connectivity index (χ1n) is 10.6. The minimum absolute atomic E-state index is 0. The molecule has 176 valence electrons. The van der Waals surface area contributed by atoms with Gasteiger partial charge in [0.25, 0.3) is 0 Å². The van der Waals surface area contributed by atoms with E-state index in [0.29, 0.717) is 19.3 Å². The molecule has 32 heavy (non-hydrogen) atoms. The lowest BCUT2D eigenvalue weighted by Crippen LogP contribution is -2.64. The normalized spacial score (nSPS) is 38.4. The summed E-state index contributed by atoms with van der Waals surface area (Å²) in [6.07, 6.45) is 2.98. The minimum atomic E-state index is -1.04. The highest BCUT2D eigenvalue weighted by atomic mass is 16.6. The van der Waals surface area contributed by atoms with Gasteiger partial charge < -0.3 is 24.1 Å². The second-order valence-corrected chi connectivity index (χ2v) is 9.53. The summed E-state index contributed by atoms with van der Waals surface area (Å²) in [6.45, 7) is 5.09. The Kier molecular flexibility index (Phi) is 6.25. The van der Waals surface area contributed by atoms with E-state index in [1.807, 2.05) is 13.8 Å². The zero-order chi connectivity index (χ0) is 22.6. The Balaban J connectivity index is 0.00000289. The predicted molar refractivity (Wildman–Crippen MR) is 109 cm³/mol. The molecule has 0 amide bonds. The number of fused-ring (bicyclic) bond motifs is 3. The Hall–Kier alpha value is -2.68. The van der Waals surface area contributed by atoms with Crippen LogP contribution in [0.3, 0.4) is 0 Å². The molecule has 0 unspecified atom stereocenters. The van der Waals surface area contributed by atoms with Gasteiger partial charge in [-0.1, -0.05) is 13.8 Å². The molecule has 2 N–H and O–H groups in total. The van der Waals surface area contributed by atoms with Gasteiger partial charge in [-0.05, 0) is 36.2 Å². The van der Waals surface area contributed by atoms with Crippen LogP contribution < -0.4 is 0 Å². The average Bonchev–Trinajstić information content (AvgIpc) is 3.23. The van der Waals surface area contributed by atoms with Gasteiger partial charge in [-0.2, -0.15) is 0 Å². The molecule has 9 heteroatoms. The Morgan fingerprint density at radius 3 is 2.50 bits per heavy atom. The number of ether oxygens (including phenoxy) is 3. The molecule has 2 heterocycles. The zero-order valence-electron chi connectivity index (χ0n) is 18.7. The van der Waals surface area contributed by atoms with Gasteiger partial charge in [0.05, 0.1) is 31.5 Å². The molecular weight excluding hydrogens is 420 g/mol. The fraction of sp³-hybridized carbons (Fsp3) is 0.652. The first-order chi connectivity index (χ1) is 14.6. The van der Waals surface area contributed by atoms with Gasteiger partial charge >= 0.3 is 17.9 Å². The van der Waals surface area contributed by atoms with Crippen molar-refractivity contribution in [2.75, 3.05) is 7.11 Å². The smallest absolute Gasteiger partial charge is 0.310 e. The number of rotatable bonds is 3. The second-order valence-electron chi connectivity index (χ2n) is 9.53. The summed E-state index contributed by atoms with van der Waals surface area (Å²) < 4.78 is 21.3. The largest absolute Gasteiger partial charge is 0.472 e. The quantitative estimate of drug-likeness (QED) is 0.504. The molecule has 4 rings (SSSR count). The zero-order valence-corrected chi connectivity index (χ0v) is 18.7. The van der Waals surface area contributed by atoms with Crippen molar-refractivity contribution >= 4 is 23.7 Å². The Labute approximate surface area is 186 Å². The monoisotopic (exact) mass is 450 g/mol. The third-order valence-corrected chi connectivity index (χ3v) is 7.81. The Morgan fingerprint density at radius 2 is 1.91 bits per heavy atom. The van der Waals surface area contributed by atoms with Crippen LogP contribution in [0.25, 0.3) is 0 Å². The third kappa shape index (κ3) is 3.52. The van der Waals surface area contributed by atoms with Crippen LogP contribution in [-0.4, -0.2) is 42.4 Å². The van der Waals surface area contributed by atoms with Gasteiger partial charge in [0, 0.05) is 24.8 Å². The Morgan fingerprint density at radius 1 is 1.19 bits per heavy atom. The highest BCUT2D eigenvalue weighted by Gasteiger charge is 2.67. The first-order valence-corrected chi connectivity index (χ1v) is 10.6. The number of carbonyl (C=O) groups is 4. The highest BCUT2D eigenvalue weighted by Crippen LogP contribution is 2.65. The third-order valence-electron chi connectivity index (χ3n) is 7.81. The summed E-state index contributed by atoms with van der Waals surface area (Å²) in [4.78, 5) is 51.2. The molecule has 7 atom stereocenters. The molecule has 0 radical (unpaired) electrons. The van der Waals surface area contributed by atoms with E-state index < -0.39 is 52.7 Å². The molecule has 3 aliphatic rings. The van der Waals surface area contributed by atoms with Gasteiger partial charge in [0.15, 0.2) is 11.9 Å². The van der Waals surface area contributed by atoms with Crippen LogP contribution in [0, 0.1) is 28.6 Å². The molecule has 2 aliphatic carbocycles. The number of esters is 3. The van der Waals surface area contributed by atoms with Crippen molar-refractivity contribution in [1.82, 2.24) is 0 Å². The Bertz CT molecular complexity index is 907. The molecule has 1 aromatic rings. The second kappa shape index (κ2) is 8.35. The van der Waals surface area contributed by atoms with Crippen molar-refractivity contribution in [2.24, 2.45) is 28.6 Å². The van der Waals surface area contributed by atoms with Crippen molar-refractivity contribution in [3.8, 4) is 0 Å². The molecule has 1 aromatic heterocycles. The summed E-state index contributed by atoms with van der Waals surface area (Å²) in [5.74, 6) is -3.35. The van der Waals surface area contributed by atoms with E-state index in [2.05, 4.69) is 0 Å². The standard InChI is InChI=1S/C23H28O8.H2O/c1-12(24)30-16-9-15(20(26)28-4)22(2)7-5-14-21(27)31-17(13-6-8-29-11-13)10-23(14,3)19(22)18(16)25;/h6,8,11,14-17,19H,5,7,9-10H2,1-4H3;1H2/t14-,15-,16-,17-,19-,22-,23-;/m0./s1. The van der Waals surface area contributed by atoms with Crippen LogP contribution in [0.1, 0.15) is 58.1 Å². The molecule has 3 fully saturated rings. The summed E-state index contributed by atoms with van der Waals surface area (Å²) in [5.41, 5.74) is -0.763. The predicted octanol–water partition coefficient (Wildman–Crippen LogP) is 2.18. The van der Waals surface area contributed by atoms with Crippen LogP contribution in [0.4, 0.5) is 0 Å². The average molecular weight is 450 g/mol. The SMILES string of the molecule is COC(=O)[C@@H]1C[C@H](OC(C)=O)C(=O)[C@H]2[C@@]1(C)CC[C@H]1C(=O)O[C@H](c3ccoc3)C[C@]21C.O. The fourth-order valence-electron chi connectivity index (χ4n) is 6.46. The summed E-state index contributed by atoms with van der Waals surface area (Å²) in [7, 11) is 1.32. The fourth-order valence-corrected chi connectivity index (χ4v) is 6.46. The van der Waals surface area contributed by atoms with Crippen molar-refractivity contribution in [2.45, 2.75) is 58.7 Å². The molecule has 0 aromatic carbocycles. The van der Waals surface area contributed by atoms with E-state index in [9.17, 15) is 19.2 Å². The number of hydrogen-bond acceptors (Lipinski definition) is 8. The van der Waals surface area contributed by atoms with Gasteiger partial charge in [-0.3, -0.25) is 19.2 Å². The van der Waals surface area contributed by atoms with E-state index in [0.717, 1.165) is 5.56 Å². The maximum absolute atomic E-state index is 13.7. The lowest BCUT2D eigenvalue weighted by atomic mass is 9.43. The summed E-state index contributed by atoms with van der Waals surface area (Å²) >= 11 is 0. The van der Waals surface area contributed by atoms with Crippen LogP contribution in [0.2, 0.25) is 0 Å². The summed E-state index contributed by atoms with van der Waals surface area (Å²) in [5, 5.41) is 0. The maximum atomic E-state index is 13.7. The lowest BCUT2D eigenvalue weighted by Gasteiger charge is -2.60. The molecule has 9 nitrogen and oxygen atoms in total. The van der Waals surface area contributed by atoms with Crippen molar-refractivity contribution in [3.05, 3.63) is 24.2 Å². The van der Waals surface area contributed by atoms with E-state index >= 15 is 0 Å². The van der Waals surface area contributed by atoms with Crippen LogP contribution >= 0.6 is 0 Å². The molecule has 1 aliphatic heterocycles. The first kappa shape index (κ1) is 24.0. The van der Waals surface area contributed by atoms with Gasteiger partial charge in [0.1, 0.15) is 6.10 Å². The molecule has 0 spiro atoms. The number of carbonyl (C=O) groups excluding carboxylic acids is 4. The maximum Gasteiger partial charge on any atom is 0.310 e. The molecule has 2 saturated carbocycles. The summed E-state index contributed by atoms with van der Waals surface area (Å²) in [6, 6.07) is 1.74. The van der Waals surface area contributed by atoms with E-state index in [-0.39, 0.29) is 23.6 Å². The van der Waals surface area contributed by atoms with E-state index in [1.54, 1.807) is 6.07 Å². The number of cyclic esters (lactones) is 1. The topological polar surface area (TPSA) is 141 Å². The van der Waals surface area contributed by atoms with Gasteiger partial charge in [-0.25, -0.2) is 0 Å². The molecular formula is C23H30O9. The number of Topliss-reactive ketones (excluding diaryl/α,β-unsaturated/α-hetero) is 1. The minimum Gasteiger partial charge on any atom is -0.472 e. The van der Waals surface area contributed by atoms with E-state index in [1.165, 1.54) is 26.6 Å². The molecule has 0 bridgehead atoms. The van der Waals surface area contributed by atoms with E-state index in [4.69, 9.17) is 18.6 Å². The molecule has 1 saturated heterocycles. The van der Waals surface area contributed by atoms with Gasteiger partial charge in [0.2, 0.25) is 0 Å². The van der Waals surface area contributed by atoms with Crippen LogP contribution in [0.5, 0.6) is 0 Å². The number of ketones is 1. The highest BCUT2D eigenvalue weighted by molar-refractivity contribution is 5.93. The van der Waals surface area contributed by atoms with Crippen molar-refractivity contribution < 1.29 is 43.3 Å². The van der Waals surface area contributed by atoms with Crippen LogP contribution in [0.15, 0.2) is 23.0 Å². The van der Waals surface area contributed by atoms with Crippen molar-refractivity contribution in [3.63, 3.8) is 0 Å².